The fourth-order valence-electron chi connectivity index (χ4n) is 5.33. The van der Waals surface area contributed by atoms with Crippen molar-refractivity contribution in [2.75, 3.05) is 24.8 Å². The third kappa shape index (κ3) is 5.10. The zero-order valence-electron chi connectivity index (χ0n) is 22.2. The molecule has 202 valence electrons. The van der Waals surface area contributed by atoms with Gasteiger partial charge in [-0.3, -0.25) is 19.3 Å². The number of hydrogen-bond donors (Lipinski definition) is 0. The van der Waals surface area contributed by atoms with Crippen LogP contribution in [0.3, 0.4) is 0 Å². The van der Waals surface area contributed by atoms with Crippen LogP contribution in [0.1, 0.15) is 46.1 Å². The molecule has 0 fully saturated rings. The molecule has 0 spiro atoms. The second-order valence-corrected chi connectivity index (χ2v) is 9.90. The maximum atomic E-state index is 14.0. The summed E-state index contributed by atoms with van der Waals surface area (Å²) in [5.41, 5.74) is 2.83. The number of allylic oxidation sites excluding steroid dienone is 1. The number of hydrogen-bond acceptors (Lipinski definition) is 5. The molecule has 2 bridgehead atoms. The highest BCUT2D eigenvalue weighted by Crippen LogP contribution is 2.37. The molecule has 3 aromatic carbocycles. The average Bonchev–Trinajstić information content (AvgIpc) is 3.00. The SMILES string of the molecule is O=C1c2c(OCc3ccccc3)c(=O)ccn2N2CN1CCC/C=C\COc1ccccc1[C@@H]2c1ccccc1. The van der Waals surface area contributed by atoms with E-state index in [-0.39, 0.29) is 35.4 Å². The zero-order chi connectivity index (χ0) is 27.3. The van der Waals surface area contributed by atoms with Gasteiger partial charge < -0.3 is 14.4 Å². The Labute approximate surface area is 233 Å². The standard InChI is InChI=1S/C33H31N3O4/c37-28-19-21-35-31(32(28)40-23-25-13-5-3-6-14-25)33(38)34-20-11-1-2-12-22-39-29-18-10-9-17-27(29)30(36(35)24-34)26-15-7-4-8-16-26/h2-10,12-19,21,30H,1,11,20,22-24H2/b12-2-/t30-/m0/s1. The lowest BCUT2D eigenvalue weighted by Gasteiger charge is -2.44. The van der Waals surface area contributed by atoms with Crippen molar-refractivity contribution in [1.29, 1.82) is 0 Å². The van der Waals surface area contributed by atoms with Crippen molar-refractivity contribution in [1.82, 2.24) is 9.58 Å². The Morgan fingerprint density at radius 2 is 1.60 bits per heavy atom. The van der Waals surface area contributed by atoms with Crippen molar-refractivity contribution in [2.45, 2.75) is 25.5 Å². The molecule has 0 radical (unpaired) electrons. The predicted molar refractivity (Wildman–Crippen MR) is 154 cm³/mol. The number of benzene rings is 3. The van der Waals surface area contributed by atoms with Gasteiger partial charge in [-0.05, 0) is 30.0 Å². The minimum Gasteiger partial charge on any atom is -0.489 e. The van der Waals surface area contributed by atoms with Gasteiger partial charge in [-0.15, -0.1) is 0 Å². The highest BCUT2D eigenvalue weighted by Gasteiger charge is 2.37. The van der Waals surface area contributed by atoms with Crippen LogP contribution in [-0.4, -0.2) is 35.3 Å². The van der Waals surface area contributed by atoms with E-state index in [9.17, 15) is 9.59 Å². The van der Waals surface area contributed by atoms with Crippen molar-refractivity contribution < 1.29 is 14.3 Å². The summed E-state index contributed by atoms with van der Waals surface area (Å²) in [6, 6.07) is 29.0. The second-order valence-electron chi connectivity index (χ2n) is 9.90. The lowest BCUT2D eigenvalue weighted by Crippen LogP contribution is -2.55. The van der Waals surface area contributed by atoms with Crippen LogP contribution in [0, 0.1) is 0 Å². The molecule has 2 aliphatic heterocycles. The molecule has 40 heavy (non-hydrogen) atoms. The lowest BCUT2D eigenvalue weighted by molar-refractivity contribution is 0.0674. The van der Waals surface area contributed by atoms with Crippen LogP contribution >= 0.6 is 0 Å². The van der Waals surface area contributed by atoms with Crippen molar-refractivity contribution >= 4 is 5.91 Å². The van der Waals surface area contributed by atoms with Crippen LogP contribution in [0.2, 0.25) is 0 Å². The first-order valence-corrected chi connectivity index (χ1v) is 13.6. The molecule has 0 saturated heterocycles. The molecule has 7 heteroatoms. The monoisotopic (exact) mass is 533 g/mol. The van der Waals surface area contributed by atoms with E-state index in [1.54, 1.807) is 10.9 Å². The van der Waals surface area contributed by atoms with Crippen LogP contribution in [-0.2, 0) is 6.61 Å². The van der Waals surface area contributed by atoms with Crippen LogP contribution in [0.25, 0.3) is 0 Å². The molecule has 1 aromatic heterocycles. The Hall–Kier alpha value is -4.78. The number of rotatable bonds is 4. The van der Waals surface area contributed by atoms with Crippen molar-refractivity contribution in [3.05, 3.63) is 142 Å². The van der Waals surface area contributed by atoms with Crippen molar-refractivity contribution in [3.8, 4) is 11.5 Å². The van der Waals surface area contributed by atoms with Gasteiger partial charge in [0.05, 0.1) is 0 Å². The van der Waals surface area contributed by atoms with Gasteiger partial charge in [0, 0.05) is 24.4 Å². The van der Waals surface area contributed by atoms with E-state index in [0.29, 0.717) is 19.8 Å². The summed E-state index contributed by atoms with van der Waals surface area (Å²) in [6.07, 6.45) is 7.40. The molecule has 1 atom stereocenters. The summed E-state index contributed by atoms with van der Waals surface area (Å²) in [7, 11) is 0. The maximum Gasteiger partial charge on any atom is 0.277 e. The number of carbonyl (C=O) groups is 1. The minimum atomic E-state index is -0.321. The number of carbonyl (C=O) groups excluding carboxylic acids is 1. The largest absolute Gasteiger partial charge is 0.489 e. The molecule has 4 aromatic rings. The summed E-state index contributed by atoms with van der Waals surface area (Å²) in [5, 5.41) is 2.12. The molecule has 0 N–H and O–H groups in total. The minimum absolute atomic E-state index is 0.0617. The van der Waals surface area contributed by atoms with Gasteiger partial charge in [-0.25, -0.2) is 0 Å². The van der Waals surface area contributed by atoms with E-state index in [1.165, 1.54) is 6.07 Å². The molecule has 0 aliphatic carbocycles. The van der Waals surface area contributed by atoms with Gasteiger partial charge in [0.1, 0.15) is 31.7 Å². The first kappa shape index (κ1) is 25.5. The van der Waals surface area contributed by atoms with E-state index in [2.05, 4.69) is 29.3 Å². The van der Waals surface area contributed by atoms with Gasteiger partial charge in [0.2, 0.25) is 5.43 Å². The summed E-state index contributed by atoms with van der Waals surface area (Å²) < 4.78 is 14.2. The molecule has 3 heterocycles. The quantitative estimate of drug-likeness (QED) is 0.333. The molecule has 2 aliphatic rings. The number of para-hydroxylation sites is 1. The second kappa shape index (κ2) is 11.5. The Bertz CT molecular complexity index is 1570. The summed E-state index contributed by atoms with van der Waals surface area (Å²) in [4.78, 5) is 29.0. The average molecular weight is 534 g/mol. The first-order valence-electron chi connectivity index (χ1n) is 13.6. The number of pyridine rings is 1. The summed E-state index contributed by atoms with van der Waals surface area (Å²) >= 11 is 0. The van der Waals surface area contributed by atoms with Crippen LogP contribution < -0.4 is 19.9 Å². The molecule has 0 unspecified atom stereocenters. The fourth-order valence-corrected chi connectivity index (χ4v) is 5.33. The predicted octanol–water partition coefficient (Wildman–Crippen LogP) is 5.30. The van der Waals surface area contributed by atoms with Crippen molar-refractivity contribution in [3.63, 3.8) is 0 Å². The number of nitrogens with zero attached hydrogens (tertiary/aromatic N) is 3. The Morgan fingerprint density at radius 1 is 0.850 bits per heavy atom. The molecule has 0 saturated carbocycles. The summed E-state index contributed by atoms with van der Waals surface area (Å²) in [6.45, 7) is 1.53. The van der Waals surface area contributed by atoms with Crippen LogP contribution in [0.5, 0.6) is 11.5 Å². The van der Waals surface area contributed by atoms with Crippen LogP contribution in [0.4, 0.5) is 0 Å². The van der Waals surface area contributed by atoms with E-state index in [0.717, 1.165) is 35.3 Å². The third-order valence-corrected chi connectivity index (χ3v) is 7.27. The van der Waals surface area contributed by atoms with Crippen LogP contribution in [0.15, 0.2) is 114 Å². The third-order valence-electron chi connectivity index (χ3n) is 7.27. The Balaban J connectivity index is 1.53. The van der Waals surface area contributed by atoms with Gasteiger partial charge in [0.25, 0.3) is 5.91 Å². The Morgan fingerprint density at radius 3 is 2.42 bits per heavy atom. The smallest absolute Gasteiger partial charge is 0.277 e. The number of aromatic nitrogens is 1. The fraction of sp³-hybridized carbons (Fsp3) is 0.212. The number of amides is 1. The van der Waals surface area contributed by atoms with Gasteiger partial charge in [-0.1, -0.05) is 91.0 Å². The molecule has 1 amide bonds. The lowest BCUT2D eigenvalue weighted by atomic mass is 9.97. The Kier molecular flexibility index (Phi) is 7.35. The molecular weight excluding hydrogens is 502 g/mol. The zero-order valence-corrected chi connectivity index (χ0v) is 22.2. The van der Waals surface area contributed by atoms with Gasteiger partial charge in [0.15, 0.2) is 11.4 Å². The van der Waals surface area contributed by atoms with Gasteiger partial charge in [-0.2, -0.15) is 0 Å². The van der Waals surface area contributed by atoms with E-state index < -0.39 is 0 Å². The molecule has 6 rings (SSSR count). The number of ether oxygens (including phenoxy) is 2. The van der Waals surface area contributed by atoms with Crippen molar-refractivity contribution in [2.24, 2.45) is 0 Å². The normalized spacial score (nSPS) is 17.8. The van der Waals surface area contributed by atoms with E-state index >= 15 is 0 Å². The van der Waals surface area contributed by atoms with E-state index in [4.69, 9.17) is 9.47 Å². The summed E-state index contributed by atoms with van der Waals surface area (Å²) in [5.74, 6) is 0.616. The van der Waals surface area contributed by atoms with Gasteiger partial charge >= 0.3 is 0 Å². The molecule has 7 nitrogen and oxygen atoms in total. The highest BCUT2D eigenvalue weighted by molar-refractivity contribution is 5.96. The number of fused-ring (bicyclic) bond motifs is 5. The topological polar surface area (TPSA) is 64.0 Å². The molecular formula is C33H31N3O4. The maximum absolute atomic E-state index is 14.0. The van der Waals surface area contributed by atoms with E-state index in [1.807, 2.05) is 77.7 Å². The highest BCUT2D eigenvalue weighted by atomic mass is 16.5. The first-order chi connectivity index (χ1) is 19.7.